The third-order valence-corrected chi connectivity index (χ3v) is 3.70. The van der Waals surface area contributed by atoms with E-state index in [1.165, 1.54) is 32.2 Å². The molecule has 20 heavy (non-hydrogen) atoms. The average molecular weight is 286 g/mol. The first-order chi connectivity index (χ1) is 9.63. The zero-order valence-corrected chi connectivity index (χ0v) is 12.3. The zero-order chi connectivity index (χ0) is 15.2. The van der Waals surface area contributed by atoms with Gasteiger partial charge in [0, 0.05) is 12.1 Å². The van der Waals surface area contributed by atoms with Crippen LogP contribution in [0.1, 0.15) is 44.9 Å². The van der Waals surface area contributed by atoms with Gasteiger partial charge in [-0.05, 0) is 52.0 Å². The number of nitrogens with one attached hydrogen (secondary N) is 2. The Balaban J connectivity index is 0.00000110. The molecule has 0 amide bonds. The molecule has 1 saturated heterocycles. The Hall–Kier alpha value is -0.715. The fraction of sp³-hybridized carbons (Fsp3) is 0.923. The van der Waals surface area contributed by atoms with Crippen molar-refractivity contribution in [1.29, 1.82) is 0 Å². The largest absolute Gasteiger partial charge is 0.451 e. The standard InChI is InChI=1S/C12H27BN2O2.CO2/c1-14-11(5-2-3-9-13(16)17)7-8-12-6-4-10-15-12;2-1-3/h11-12,14-17H,2-10H2,1H3;. The van der Waals surface area contributed by atoms with Crippen LogP contribution in [0.4, 0.5) is 0 Å². The molecular weight excluding hydrogens is 259 g/mol. The molecule has 7 heteroatoms. The van der Waals surface area contributed by atoms with Gasteiger partial charge >= 0.3 is 13.3 Å². The van der Waals surface area contributed by atoms with Crippen LogP contribution in [0.15, 0.2) is 0 Å². The van der Waals surface area contributed by atoms with Gasteiger partial charge in [0.2, 0.25) is 0 Å². The Kier molecular flexibility index (Phi) is 12.8. The molecule has 4 N–H and O–H groups in total. The summed E-state index contributed by atoms with van der Waals surface area (Å²) >= 11 is 0. The van der Waals surface area contributed by atoms with Crippen molar-refractivity contribution in [2.75, 3.05) is 13.6 Å². The quantitative estimate of drug-likeness (QED) is 0.356. The van der Waals surface area contributed by atoms with Gasteiger partial charge in [0.05, 0.1) is 0 Å². The lowest BCUT2D eigenvalue weighted by atomic mass is 9.83. The average Bonchev–Trinajstić information content (AvgIpc) is 2.92. The van der Waals surface area contributed by atoms with Crippen LogP contribution in [0.5, 0.6) is 0 Å². The fourth-order valence-corrected chi connectivity index (χ4v) is 2.56. The van der Waals surface area contributed by atoms with E-state index < -0.39 is 7.12 Å². The molecule has 0 aromatic heterocycles. The van der Waals surface area contributed by atoms with Gasteiger partial charge in [0.15, 0.2) is 0 Å². The Bertz CT molecular complexity index is 255. The van der Waals surface area contributed by atoms with Crippen LogP contribution in [-0.4, -0.2) is 49.0 Å². The van der Waals surface area contributed by atoms with E-state index in [9.17, 15) is 0 Å². The minimum absolute atomic E-state index is 0.250. The summed E-state index contributed by atoms with van der Waals surface area (Å²) in [5.41, 5.74) is 0. The number of hydrogen-bond donors (Lipinski definition) is 4. The summed E-state index contributed by atoms with van der Waals surface area (Å²) in [5.74, 6) is 0. The molecule has 0 radical (unpaired) electrons. The van der Waals surface area contributed by atoms with Gasteiger partial charge in [-0.15, -0.1) is 0 Å². The van der Waals surface area contributed by atoms with E-state index in [-0.39, 0.29) is 6.15 Å². The number of carbonyl (C=O) groups excluding carboxylic acids is 2. The van der Waals surface area contributed by atoms with Crippen molar-refractivity contribution in [3.05, 3.63) is 0 Å². The molecule has 116 valence electrons. The second kappa shape index (κ2) is 13.3. The maximum absolute atomic E-state index is 8.75. The van der Waals surface area contributed by atoms with Crippen molar-refractivity contribution in [3.63, 3.8) is 0 Å². The second-order valence-electron chi connectivity index (χ2n) is 5.20. The van der Waals surface area contributed by atoms with E-state index in [1.807, 2.05) is 7.05 Å². The second-order valence-corrected chi connectivity index (χ2v) is 5.20. The molecule has 0 saturated carbocycles. The molecule has 1 aliphatic heterocycles. The molecular formula is C13H27BN2O4. The highest BCUT2D eigenvalue weighted by atomic mass is 16.4. The van der Waals surface area contributed by atoms with Crippen molar-refractivity contribution < 1.29 is 19.6 Å². The zero-order valence-electron chi connectivity index (χ0n) is 12.3. The van der Waals surface area contributed by atoms with Gasteiger partial charge in [-0.3, -0.25) is 0 Å². The SMILES string of the molecule is CNC(CCCCB(O)O)CCC1CCCN1.O=C=O. The topological polar surface area (TPSA) is 98.7 Å². The number of rotatable bonds is 9. The highest BCUT2D eigenvalue weighted by molar-refractivity contribution is 6.40. The third kappa shape index (κ3) is 11.1. The predicted octanol–water partition coefficient (Wildman–Crippen LogP) is 0.166. The summed E-state index contributed by atoms with van der Waals surface area (Å²) in [6.07, 6.45) is 8.98. The summed E-state index contributed by atoms with van der Waals surface area (Å²) in [4.78, 5) is 16.2. The summed E-state index contributed by atoms with van der Waals surface area (Å²) in [6, 6.07) is 1.30. The van der Waals surface area contributed by atoms with Crippen LogP contribution in [0.3, 0.4) is 0 Å². The van der Waals surface area contributed by atoms with Gasteiger partial charge in [-0.2, -0.15) is 9.59 Å². The Labute approximate surface area is 121 Å². The van der Waals surface area contributed by atoms with Crippen LogP contribution < -0.4 is 10.6 Å². The lowest BCUT2D eigenvalue weighted by Gasteiger charge is -2.18. The molecule has 1 rings (SSSR count). The lowest BCUT2D eigenvalue weighted by molar-refractivity contribution is -0.191. The highest BCUT2D eigenvalue weighted by Gasteiger charge is 2.16. The van der Waals surface area contributed by atoms with Gasteiger partial charge in [0.25, 0.3) is 0 Å². The van der Waals surface area contributed by atoms with E-state index in [1.54, 1.807) is 0 Å². The molecule has 1 aliphatic rings. The Morgan fingerprint density at radius 1 is 1.35 bits per heavy atom. The first-order valence-electron chi connectivity index (χ1n) is 7.40. The van der Waals surface area contributed by atoms with Gasteiger partial charge in [0.1, 0.15) is 0 Å². The maximum Gasteiger partial charge on any atom is 0.451 e. The van der Waals surface area contributed by atoms with Crippen LogP contribution >= 0.6 is 0 Å². The van der Waals surface area contributed by atoms with Gasteiger partial charge < -0.3 is 20.7 Å². The molecule has 2 atom stereocenters. The molecule has 0 bridgehead atoms. The highest BCUT2D eigenvalue weighted by Crippen LogP contribution is 2.15. The first-order valence-corrected chi connectivity index (χ1v) is 7.40. The van der Waals surface area contributed by atoms with E-state index in [0.717, 1.165) is 25.3 Å². The maximum atomic E-state index is 8.75. The van der Waals surface area contributed by atoms with Crippen LogP contribution in [0.2, 0.25) is 6.32 Å². The summed E-state index contributed by atoms with van der Waals surface area (Å²) in [6.45, 7) is 1.18. The van der Waals surface area contributed by atoms with E-state index in [0.29, 0.717) is 12.4 Å². The van der Waals surface area contributed by atoms with Crippen LogP contribution in [0.25, 0.3) is 0 Å². The first kappa shape index (κ1) is 19.3. The normalized spacial score (nSPS) is 18.9. The van der Waals surface area contributed by atoms with E-state index in [4.69, 9.17) is 19.6 Å². The minimum atomic E-state index is -1.13. The molecule has 1 fully saturated rings. The van der Waals surface area contributed by atoms with Crippen molar-refractivity contribution in [2.24, 2.45) is 0 Å². The van der Waals surface area contributed by atoms with Crippen LogP contribution in [-0.2, 0) is 9.59 Å². The Morgan fingerprint density at radius 3 is 2.55 bits per heavy atom. The summed E-state index contributed by atoms with van der Waals surface area (Å²) in [5, 5.41) is 24.4. The van der Waals surface area contributed by atoms with E-state index >= 15 is 0 Å². The molecule has 0 aliphatic carbocycles. The summed E-state index contributed by atoms with van der Waals surface area (Å²) in [7, 11) is 0.888. The van der Waals surface area contributed by atoms with Crippen molar-refractivity contribution >= 4 is 13.3 Å². The molecule has 0 aromatic rings. The van der Waals surface area contributed by atoms with Gasteiger partial charge in [-0.1, -0.05) is 12.8 Å². The van der Waals surface area contributed by atoms with Crippen molar-refractivity contribution in [3.8, 4) is 0 Å². The van der Waals surface area contributed by atoms with Gasteiger partial charge in [-0.25, -0.2) is 0 Å². The molecule has 6 nitrogen and oxygen atoms in total. The smallest absolute Gasteiger partial charge is 0.427 e. The number of unbranched alkanes of at least 4 members (excludes halogenated alkanes) is 1. The number of hydrogen-bond acceptors (Lipinski definition) is 6. The molecule has 0 spiro atoms. The molecule has 2 unspecified atom stereocenters. The summed E-state index contributed by atoms with van der Waals surface area (Å²) < 4.78 is 0. The predicted molar refractivity (Wildman–Crippen MR) is 77.0 cm³/mol. The Morgan fingerprint density at radius 2 is 2.05 bits per heavy atom. The molecule has 1 heterocycles. The van der Waals surface area contributed by atoms with E-state index in [2.05, 4.69) is 10.6 Å². The van der Waals surface area contributed by atoms with Crippen molar-refractivity contribution in [1.82, 2.24) is 10.6 Å². The van der Waals surface area contributed by atoms with Crippen molar-refractivity contribution in [2.45, 2.75) is 63.3 Å². The van der Waals surface area contributed by atoms with Crippen LogP contribution in [0, 0.1) is 0 Å². The minimum Gasteiger partial charge on any atom is -0.427 e. The fourth-order valence-electron chi connectivity index (χ4n) is 2.56. The molecule has 0 aromatic carbocycles. The monoisotopic (exact) mass is 286 g/mol. The third-order valence-electron chi connectivity index (χ3n) is 3.70. The lowest BCUT2D eigenvalue weighted by Crippen LogP contribution is -2.29.